The van der Waals surface area contributed by atoms with Crippen LogP contribution in [-0.4, -0.2) is 29.7 Å². The highest BCUT2D eigenvalue weighted by molar-refractivity contribution is 5.37. The molecule has 1 aromatic rings. The van der Waals surface area contributed by atoms with Crippen molar-refractivity contribution in [3.05, 3.63) is 48.0 Å². The van der Waals surface area contributed by atoms with Gasteiger partial charge in [-0.25, -0.2) is 0 Å². The summed E-state index contributed by atoms with van der Waals surface area (Å²) in [5, 5.41) is 17.9. The third-order valence-corrected chi connectivity index (χ3v) is 2.34. The van der Waals surface area contributed by atoms with Crippen LogP contribution < -0.4 is 0 Å². The van der Waals surface area contributed by atoms with Crippen molar-refractivity contribution in [2.75, 3.05) is 19.7 Å². The Morgan fingerprint density at radius 3 is 2.81 bits per heavy atom. The van der Waals surface area contributed by atoms with Gasteiger partial charge < -0.3 is 5.11 Å². The topological polar surface area (TPSA) is 47.3 Å². The molecule has 0 amide bonds. The number of nitrogens with zero attached hydrogens (tertiary/aromatic N) is 2. The summed E-state index contributed by atoms with van der Waals surface area (Å²) in [6.45, 7) is 5.75. The minimum atomic E-state index is 0.114. The fourth-order valence-electron chi connectivity index (χ4n) is 1.57. The molecule has 3 heteroatoms. The minimum Gasteiger partial charge on any atom is -0.395 e. The Morgan fingerprint density at radius 2 is 2.19 bits per heavy atom. The first-order chi connectivity index (χ1) is 7.81. The number of hydrogen-bond donors (Lipinski definition) is 1. The van der Waals surface area contributed by atoms with Crippen LogP contribution in [-0.2, 0) is 6.54 Å². The van der Waals surface area contributed by atoms with Gasteiger partial charge in [0.15, 0.2) is 0 Å². The van der Waals surface area contributed by atoms with Crippen LogP contribution in [0.1, 0.15) is 11.1 Å². The first-order valence-corrected chi connectivity index (χ1v) is 5.24. The molecule has 1 rings (SSSR count). The molecule has 0 heterocycles. The first kappa shape index (κ1) is 12.4. The van der Waals surface area contributed by atoms with E-state index in [9.17, 15) is 0 Å². The predicted octanol–water partition coefficient (Wildman–Crippen LogP) is 1.54. The fourth-order valence-corrected chi connectivity index (χ4v) is 1.57. The van der Waals surface area contributed by atoms with Gasteiger partial charge in [-0.1, -0.05) is 24.3 Å². The van der Waals surface area contributed by atoms with Crippen molar-refractivity contribution in [3.8, 4) is 6.07 Å². The maximum absolute atomic E-state index is 8.95. The maximum atomic E-state index is 8.95. The van der Waals surface area contributed by atoms with Gasteiger partial charge in [-0.2, -0.15) is 5.26 Å². The molecule has 84 valence electrons. The third kappa shape index (κ3) is 3.50. The van der Waals surface area contributed by atoms with Crippen LogP contribution in [0.15, 0.2) is 36.9 Å². The summed E-state index contributed by atoms with van der Waals surface area (Å²) in [6.07, 6.45) is 1.80. The van der Waals surface area contributed by atoms with E-state index in [4.69, 9.17) is 10.4 Å². The van der Waals surface area contributed by atoms with E-state index >= 15 is 0 Å². The molecule has 1 N–H and O–H groups in total. The number of nitriles is 1. The Kier molecular flexibility index (Phi) is 5.27. The lowest BCUT2D eigenvalue weighted by Gasteiger charge is -2.19. The molecule has 0 radical (unpaired) electrons. The van der Waals surface area contributed by atoms with Crippen LogP contribution in [0.4, 0.5) is 0 Å². The van der Waals surface area contributed by atoms with Crippen molar-refractivity contribution in [1.82, 2.24) is 4.90 Å². The highest BCUT2D eigenvalue weighted by Crippen LogP contribution is 2.10. The molecular weight excluding hydrogens is 200 g/mol. The van der Waals surface area contributed by atoms with Gasteiger partial charge in [-0.15, -0.1) is 6.58 Å². The van der Waals surface area contributed by atoms with Gasteiger partial charge in [0.1, 0.15) is 0 Å². The molecule has 0 aromatic heterocycles. The summed E-state index contributed by atoms with van der Waals surface area (Å²) < 4.78 is 0. The standard InChI is InChI=1S/C13H16N2O/c1-2-7-15(8-9-16)11-13-6-4-3-5-12(13)10-14/h2-6,16H,1,7-9,11H2. The van der Waals surface area contributed by atoms with E-state index in [1.54, 1.807) is 12.1 Å². The molecule has 0 unspecified atom stereocenters. The molecule has 0 atom stereocenters. The first-order valence-electron chi connectivity index (χ1n) is 5.24. The number of benzene rings is 1. The summed E-state index contributed by atoms with van der Waals surface area (Å²) in [7, 11) is 0. The molecule has 0 bridgehead atoms. The largest absolute Gasteiger partial charge is 0.395 e. The van der Waals surface area contributed by atoms with E-state index in [-0.39, 0.29) is 6.61 Å². The van der Waals surface area contributed by atoms with Gasteiger partial charge in [0.2, 0.25) is 0 Å². The van der Waals surface area contributed by atoms with Gasteiger partial charge in [0.05, 0.1) is 18.2 Å². The molecule has 0 aliphatic carbocycles. The monoisotopic (exact) mass is 216 g/mol. The van der Waals surface area contributed by atoms with E-state index in [1.807, 2.05) is 23.1 Å². The molecule has 0 aliphatic heterocycles. The van der Waals surface area contributed by atoms with Crippen molar-refractivity contribution in [1.29, 1.82) is 5.26 Å². The SMILES string of the molecule is C=CCN(CCO)Cc1ccccc1C#N. The van der Waals surface area contributed by atoms with Crippen LogP contribution in [0, 0.1) is 11.3 Å². The van der Waals surface area contributed by atoms with Gasteiger partial charge in [-0.05, 0) is 11.6 Å². The number of aliphatic hydroxyl groups excluding tert-OH is 1. The van der Waals surface area contributed by atoms with E-state index in [1.165, 1.54) is 0 Å². The van der Waals surface area contributed by atoms with Crippen molar-refractivity contribution in [2.24, 2.45) is 0 Å². The normalized spacial score (nSPS) is 10.1. The molecule has 3 nitrogen and oxygen atoms in total. The van der Waals surface area contributed by atoms with Crippen LogP contribution >= 0.6 is 0 Å². The summed E-state index contributed by atoms with van der Waals surface area (Å²) in [5.74, 6) is 0. The zero-order chi connectivity index (χ0) is 11.8. The molecule has 16 heavy (non-hydrogen) atoms. The van der Waals surface area contributed by atoms with E-state index in [2.05, 4.69) is 12.6 Å². The molecule has 1 aromatic carbocycles. The van der Waals surface area contributed by atoms with Crippen molar-refractivity contribution < 1.29 is 5.11 Å². The van der Waals surface area contributed by atoms with Crippen LogP contribution in [0.3, 0.4) is 0 Å². The smallest absolute Gasteiger partial charge is 0.0995 e. The van der Waals surface area contributed by atoms with Crippen LogP contribution in [0.25, 0.3) is 0 Å². The minimum absolute atomic E-state index is 0.114. The zero-order valence-corrected chi connectivity index (χ0v) is 9.26. The second-order valence-corrected chi connectivity index (χ2v) is 3.52. The molecule has 0 aliphatic rings. The Balaban J connectivity index is 2.76. The number of aliphatic hydroxyl groups is 1. The molecule has 0 saturated heterocycles. The average Bonchev–Trinajstić information content (AvgIpc) is 2.30. The third-order valence-electron chi connectivity index (χ3n) is 2.34. The summed E-state index contributed by atoms with van der Waals surface area (Å²) in [6, 6.07) is 9.68. The molecule has 0 fully saturated rings. The zero-order valence-electron chi connectivity index (χ0n) is 9.26. The van der Waals surface area contributed by atoms with Gasteiger partial charge in [0.25, 0.3) is 0 Å². The van der Waals surface area contributed by atoms with Crippen molar-refractivity contribution >= 4 is 0 Å². The average molecular weight is 216 g/mol. The van der Waals surface area contributed by atoms with Gasteiger partial charge in [0, 0.05) is 19.6 Å². The van der Waals surface area contributed by atoms with E-state index in [0.29, 0.717) is 25.2 Å². The van der Waals surface area contributed by atoms with E-state index < -0.39 is 0 Å². The fraction of sp³-hybridized carbons (Fsp3) is 0.308. The Labute approximate surface area is 96.2 Å². The lowest BCUT2D eigenvalue weighted by molar-refractivity contribution is 0.203. The Hall–Kier alpha value is -1.63. The molecular formula is C13H16N2O. The molecule has 0 saturated carbocycles. The van der Waals surface area contributed by atoms with Crippen LogP contribution in [0.5, 0.6) is 0 Å². The van der Waals surface area contributed by atoms with Gasteiger partial charge in [-0.3, -0.25) is 4.90 Å². The Bertz CT molecular complexity index is 382. The summed E-state index contributed by atoms with van der Waals surface area (Å²) in [5.41, 5.74) is 1.68. The highest BCUT2D eigenvalue weighted by Gasteiger charge is 2.06. The second-order valence-electron chi connectivity index (χ2n) is 3.52. The van der Waals surface area contributed by atoms with E-state index in [0.717, 1.165) is 5.56 Å². The predicted molar refractivity (Wildman–Crippen MR) is 63.7 cm³/mol. The summed E-state index contributed by atoms with van der Waals surface area (Å²) >= 11 is 0. The van der Waals surface area contributed by atoms with Crippen molar-refractivity contribution in [3.63, 3.8) is 0 Å². The highest BCUT2D eigenvalue weighted by atomic mass is 16.3. The Morgan fingerprint density at radius 1 is 1.44 bits per heavy atom. The number of hydrogen-bond acceptors (Lipinski definition) is 3. The van der Waals surface area contributed by atoms with Crippen LogP contribution in [0.2, 0.25) is 0 Å². The van der Waals surface area contributed by atoms with Crippen molar-refractivity contribution in [2.45, 2.75) is 6.54 Å². The van der Waals surface area contributed by atoms with Gasteiger partial charge >= 0.3 is 0 Å². The lowest BCUT2D eigenvalue weighted by Crippen LogP contribution is -2.26. The second kappa shape index (κ2) is 6.78. The lowest BCUT2D eigenvalue weighted by atomic mass is 10.1. The molecule has 0 spiro atoms. The maximum Gasteiger partial charge on any atom is 0.0995 e. The number of rotatable bonds is 6. The quantitative estimate of drug-likeness (QED) is 0.734. The summed E-state index contributed by atoms with van der Waals surface area (Å²) in [4.78, 5) is 2.04.